The fourth-order valence-corrected chi connectivity index (χ4v) is 5.17. The van der Waals surface area contributed by atoms with Crippen molar-refractivity contribution in [2.45, 2.75) is 40.7 Å². The van der Waals surface area contributed by atoms with Crippen LogP contribution in [0.2, 0.25) is 0 Å². The smallest absolute Gasteiger partial charge is 0.268 e. The zero-order valence-corrected chi connectivity index (χ0v) is 21.4. The standard InChI is InChI=1S/C27H26N6O2S/c1-16-8-7-10-23(18(16)3)33-17(2)12-22(31-33)25-19(4)30-27-32(26(25)35)21(15-36-27)13-24(34)29-14-20-9-5-6-11-28-20/h5-12,15H,13-14H2,1-4H3,(H,29,34). The van der Waals surface area contributed by atoms with Crippen LogP contribution < -0.4 is 10.9 Å². The molecule has 0 fully saturated rings. The fraction of sp³-hybridized carbons (Fsp3) is 0.222. The molecule has 8 nitrogen and oxygen atoms in total. The van der Waals surface area contributed by atoms with Crippen LogP contribution in [-0.2, 0) is 17.8 Å². The number of aromatic nitrogens is 5. The van der Waals surface area contributed by atoms with E-state index in [1.54, 1.807) is 6.20 Å². The van der Waals surface area contributed by atoms with Crippen LogP contribution in [0.1, 0.15) is 33.9 Å². The van der Waals surface area contributed by atoms with E-state index in [1.807, 2.05) is 60.3 Å². The van der Waals surface area contributed by atoms with Gasteiger partial charge in [-0.05, 0) is 63.1 Å². The summed E-state index contributed by atoms with van der Waals surface area (Å²) in [6.07, 6.45) is 1.75. The molecular formula is C27H26N6O2S. The van der Waals surface area contributed by atoms with Crippen LogP contribution in [-0.4, -0.2) is 30.1 Å². The summed E-state index contributed by atoms with van der Waals surface area (Å²) in [6, 6.07) is 13.6. The Morgan fingerprint density at radius 3 is 2.69 bits per heavy atom. The maximum Gasteiger partial charge on any atom is 0.268 e. The van der Waals surface area contributed by atoms with Gasteiger partial charge in [0.1, 0.15) is 5.69 Å². The van der Waals surface area contributed by atoms with Crippen molar-refractivity contribution in [1.82, 2.24) is 29.5 Å². The normalized spacial score (nSPS) is 11.2. The van der Waals surface area contributed by atoms with Crippen LogP contribution in [0, 0.1) is 27.7 Å². The van der Waals surface area contributed by atoms with E-state index in [0.717, 1.165) is 22.6 Å². The summed E-state index contributed by atoms with van der Waals surface area (Å²) in [4.78, 5) is 35.8. The lowest BCUT2D eigenvalue weighted by atomic mass is 10.1. The van der Waals surface area contributed by atoms with Gasteiger partial charge in [-0.25, -0.2) is 9.67 Å². The van der Waals surface area contributed by atoms with Gasteiger partial charge in [-0.2, -0.15) is 5.10 Å². The lowest BCUT2D eigenvalue weighted by Gasteiger charge is -2.10. The third-order valence-corrected chi connectivity index (χ3v) is 7.18. The molecular weight excluding hydrogens is 472 g/mol. The van der Waals surface area contributed by atoms with E-state index in [2.05, 4.69) is 35.2 Å². The Balaban J connectivity index is 1.49. The Labute approximate surface area is 212 Å². The van der Waals surface area contributed by atoms with E-state index in [0.29, 0.717) is 34.2 Å². The van der Waals surface area contributed by atoms with Crippen LogP contribution >= 0.6 is 11.3 Å². The molecule has 182 valence electrons. The third kappa shape index (κ3) is 4.33. The molecule has 0 saturated heterocycles. The van der Waals surface area contributed by atoms with Gasteiger partial charge in [-0.3, -0.25) is 19.0 Å². The minimum atomic E-state index is -0.225. The molecule has 1 aromatic carbocycles. The Morgan fingerprint density at radius 1 is 1.08 bits per heavy atom. The van der Waals surface area contributed by atoms with Gasteiger partial charge in [0.05, 0.1) is 35.6 Å². The maximum absolute atomic E-state index is 13.7. The van der Waals surface area contributed by atoms with Crippen LogP contribution in [0.4, 0.5) is 0 Å². The van der Waals surface area contributed by atoms with Crippen molar-refractivity contribution in [3.05, 3.63) is 98.3 Å². The summed E-state index contributed by atoms with van der Waals surface area (Å²) < 4.78 is 3.39. The second-order valence-electron chi connectivity index (χ2n) is 8.80. The lowest BCUT2D eigenvalue weighted by Crippen LogP contribution is -2.27. The summed E-state index contributed by atoms with van der Waals surface area (Å²) >= 11 is 1.35. The predicted molar refractivity (Wildman–Crippen MR) is 141 cm³/mol. The lowest BCUT2D eigenvalue weighted by molar-refractivity contribution is -0.120. The zero-order valence-electron chi connectivity index (χ0n) is 20.6. The van der Waals surface area contributed by atoms with Gasteiger partial charge in [0.2, 0.25) is 5.91 Å². The van der Waals surface area contributed by atoms with E-state index in [4.69, 9.17) is 5.10 Å². The molecule has 0 radical (unpaired) electrons. The second kappa shape index (κ2) is 9.50. The Morgan fingerprint density at radius 2 is 1.92 bits per heavy atom. The van der Waals surface area contributed by atoms with Gasteiger partial charge in [0, 0.05) is 23.0 Å². The first-order chi connectivity index (χ1) is 17.3. The van der Waals surface area contributed by atoms with Gasteiger partial charge in [0.25, 0.3) is 5.56 Å². The molecule has 0 atom stereocenters. The van der Waals surface area contributed by atoms with Crippen molar-refractivity contribution < 1.29 is 4.79 Å². The molecule has 0 bridgehead atoms. The second-order valence-corrected chi connectivity index (χ2v) is 9.64. The molecule has 0 unspecified atom stereocenters. The van der Waals surface area contributed by atoms with Gasteiger partial charge in [-0.15, -0.1) is 11.3 Å². The summed E-state index contributed by atoms with van der Waals surface area (Å²) in [6.45, 7) is 8.25. The molecule has 0 aliphatic carbocycles. The number of fused-ring (bicyclic) bond motifs is 1. The highest BCUT2D eigenvalue weighted by molar-refractivity contribution is 7.15. The zero-order chi connectivity index (χ0) is 25.4. The first kappa shape index (κ1) is 23.6. The minimum Gasteiger partial charge on any atom is -0.350 e. The highest BCUT2D eigenvalue weighted by Gasteiger charge is 2.20. The molecule has 1 amide bonds. The van der Waals surface area contributed by atoms with Gasteiger partial charge in [0.15, 0.2) is 4.96 Å². The first-order valence-corrected chi connectivity index (χ1v) is 12.5. The number of nitrogens with zero attached hydrogens (tertiary/aromatic N) is 5. The fourth-order valence-electron chi connectivity index (χ4n) is 4.25. The van der Waals surface area contributed by atoms with Crippen molar-refractivity contribution in [2.75, 3.05) is 0 Å². The number of pyridine rings is 1. The van der Waals surface area contributed by atoms with Crippen molar-refractivity contribution in [3.8, 4) is 16.9 Å². The number of rotatable bonds is 6. The number of carbonyl (C=O) groups is 1. The van der Waals surface area contributed by atoms with Gasteiger partial charge < -0.3 is 5.32 Å². The highest BCUT2D eigenvalue weighted by atomic mass is 32.1. The van der Waals surface area contributed by atoms with Gasteiger partial charge in [-0.1, -0.05) is 18.2 Å². The largest absolute Gasteiger partial charge is 0.350 e. The summed E-state index contributed by atoms with van der Waals surface area (Å²) in [7, 11) is 0. The summed E-state index contributed by atoms with van der Waals surface area (Å²) in [5.41, 5.74) is 6.96. The maximum atomic E-state index is 13.7. The first-order valence-electron chi connectivity index (χ1n) is 11.6. The number of hydrogen-bond acceptors (Lipinski definition) is 6. The van der Waals surface area contributed by atoms with E-state index >= 15 is 0 Å². The van der Waals surface area contributed by atoms with E-state index < -0.39 is 0 Å². The Bertz CT molecular complexity index is 1650. The van der Waals surface area contributed by atoms with Gasteiger partial charge >= 0.3 is 0 Å². The van der Waals surface area contributed by atoms with Crippen molar-refractivity contribution in [2.24, 2.45) is 0 Å². The predicted octanol–water partition coefficient (Wildman–Crippen LogP) is 4.10. The molecule has 5 rings (SSSR count). The van der Waals surface area contributed by atoms with Crippen molar-refractivity contribution in [1.29, 1.82) is 0 Å². The quantitative estimate of drug-likeness (QED) is 0.380. The Hall–Kier alpha value is -4.11. The van der Waals surface area contributed by atoms with Crippen LogP contribution in [0.15, 0.2) is 58.8 Å². The number of benzene rings is 1. The topological polar surface area (TPSA) is 94.2 Å². The molecule has 1 N–H and O–H groups in total. The summed E-state index contributed by atoms with van der Waals surface area (Å²) in [5.74, 6) is -0.190. The van der Waals surface area contributed by atoms with E-state index in [1.165, 1.54) is 21.3 Å². The number of carbonyl (C=O) groups excluding carboxylic acids is 1. The highest BCUT2D eigenvalue weighted by Crippen LogP contribution is 2.25. The van der Waals surface area contributed by atoms with Crippen LogP contribution in [0.3, 0.4) is 0 Å². The SMILES string of the molecule is Cc1cccc(-n2nc(-c3c(C)nc4scc(CC(=O)NCc5ccccn5)n4c3=O)cc2C)c1C. The number of nitrogens with one attached hydrogen (secondary N) is 1. The average molecular weight is 499 g/mol. The molecule has 4 aromatic heterocycles. The molecule has 5 aromatic rings. The monoisotopic (exact) mass is 498 g/mol. The van der Waals surface area contributed by atoms with Crippen LogP contribution in [0.25, 0.3) is 21.9 Å². The Kier molecular flexibility index (Phi) is 6.24. The number of hydrogen-bond donors (Lipinski definition) is 1. The third-order valence-electron chi connectivity index (χ3n) is 6.30. The molecule has 0 aliphatic heterocycles. The van der Waals surface area contributed by atoms with Crippen molar-refractivity contribution >= 4 is 22.2 Å². The number of amides is 1. The molecule has 4 heterocycles. The van der Waals surface area contributed by atoms with Crippen LogP contribution in [0.5, 0.6) is 0 Å². The number of aryl methyl sites for hydroxylation is 3. The minimum absolute atomic E-state index is 0.0624. The molecule has 0 spiro atoms. The van der Waals surface area contributed by atoms with E-state index in [9.17, 15) is 9.59 Å². The molecule has 9 heteroatoms. The number of thiazole rings is 1. The average Bonchev–Trinajstić information content (AvgIpc) is 3.43. The summed E-state index contributed by atoms with van der Waals surface area (Å²) in [5, 5.41) is 9.48. The molecule has 36 heavy (non-hydrogen) atoms. The molecule has 0 saturated carbocycles. The van der Waals surface area contributed by atoms with E-state index in [-0.39, 0.29) is 17.9 Å². The van der Waals surface area contributed by atoms with Crippen molar-refractivity contribution in [3.63, 3.8) is 0 Å². The molecule has 0 aliphatic rings.